The van der Waals surface area contributed by atoms with Gasteiger partial charge in [-0.3, -0.25) is 0 Å². The molecule has 31 heavy (non-hydrogen) atoms. The number of fused-ring (bicyclic) bond motifs is 3. The molecule has 2 aromatic carbocycles. The summed E-state index contributed by atoms with van der Waals surface area (Å²) in [4.78, 5) is 0. The van der Waals surface area contributed by atoms with Crippen LogP contribution in [0.3, 0.4) is 0 Å². The maximum Gasteiger partial charge on any atom is 0.488 e. The van der Waals surface area contributed by atoms with Crippen LogP contribution in [0.25, 0.3) is 11.1 Å². The van der Waals surface area contributed by atoms with Crippen molar-refractivity contribution in [3.63, 3.8) is 0 Å². The highest BCUT2D eigenvalue weighted by Gasteiger charge is 2.44. The lowest BCUT2D eigenvalue weighted by atomic mass is 9.66. The molecule has 2 atom stereocenters. The van der Waals surface area contributed by atoms with E-state index >= 15 is 0 Å². The number of hydrogen-bond donors (Lipinski definition) is 2. The zero-order valence-electron chi connectivity index (χ0n) is 19.5. The Morgan fingerprint density at radius 2 is 1.55 bits per heavy atom. The molecule has 0 amide bonds. The van der Waals surface area contributed by atoms with Crippen LogP contribution < -0.4 is 5.46 Å². The molecule has 0 aliphatic heterocycles. The molecule has 0 heterocycles. The van der Waals surface area contributed by atoms with Gasteiger partial charge in [-0.05, 0) is 58.6 Å². The first-order valence-corrected chi connectivity index (χ1v) is 13.1. The van der Waals surface area contributed by atoms with E-state index < -0.39 is 7.12 Å². The Morgan fingerprint density at radius 3 is 2.19 bits per heavy atom. The SMILES string of the molecule is CCCCCCC1(CC(CC)CCCC)c2cc(Br)ccc2-c2ccc(B(O)O)cc21. The van der Waals surface area contributed by atoms with Crippen molar-refractivity contribution in [2.75, 3.05) is 0 Å². The lowest BCUT2D eigenvalue weighted by Crippen LogP contribution is -2.33. The molecular formula is C27H38BBrO2. The highest BCUT2D eigenvalue weighted by Crippen LogP contribution is 2.55. The quantitative estimate of drug-likeness (QED) is 0.252. The van der Waals surface area contributed by atoms with Crippen molar-refractivity contribution in [1.82, 2.24) is 0 Å². The molecule has 2 aromatic rings. The minimum absolute atomic E-state index is 0.0541. The van der Waals surface area contributed by atoms with E-state index in [1.54, 1.807) is 0 Å². The van der Waals surface area contributed by atoms with Gasteiger partial charge in [0.1, 0.15) is 0 Å². The van der Waals surface area contributed by atoms with E-state index in [2.05, 4.69) is 67.0 Å². The van der Waals surface area contributed by atoms with Gasteiger partial charge in [-0.1, -0.05) is 112 Å². The second kappa shape index (κ2) is 11.2. The van der Waals surface area contributed by atoms with E-state index in [1.807, 2.05) is 6.07 Å². The molecule has 0 saturated carbocycles. The Bertz CT molecular complexity index is 866. The Labute approximate surface area is 197 Å². The van der Waals surface area contributed by atoms with E-state index in [0.717, 1.165) is 17.3 Å². The zero-order chi connectivity index (χ0) is 22.4. The summed E-state index contributed by atoms with van der Waals surface area (Å²) in [5.41, 5.74) is 5.86. The third-order valence-corrected chi connectivity index (χ3v) is 7.78. The Hall–Kier alpha value is -1.10. The highest BCUT2D eigenvalue weighted by atomic mass is 79.9. The van der Waals surface area contributed by atoms with Gasteiger partial charge >= 0.3 is 7.12 Å². The summed E-state index contributed by atoms with van der Waals surface area (Å²) in [5.74, 6) is 0.673. The average Bonchev–Trinajstić information content (AvgIpc) is 3.02. The molecule has 168 valence electrons. The van der Waals surface area contributed by atoms with Gasteiger partial charge < -0.3 is 10.0 Å². The fourth-order valence-corrected chi connectivity index (χ4v) is 5.89. The molecule has 0 fully saturated rings. The Kier molecular flexibility index (Phi) is 8.84. The van der Waals surface area contributed by atoms with Crippen molar-refractivity contribution >= 4 is 28.5 Å². The molecule has 1 aliphatic carbocycles. The second-order valence-electron chi connectivity index (χ2n) is 9.38. The first-order valence-electron chi connectivity index (χ1n) is 12.3. The first kappa shape index (κ1) is 24.5. The van der Waals surface area contributed by atoms with Crippen LogP contribution in [0.4, 0.5) is 0 Å². The fourth-order valence-electron chi connectivity index (χ4n) is 5.53. The standard InChI is InChI=1S/C27H38BBrO2/c1-4-7-9-10-16-27(19-20(6-3)11-8-5-2)25-17-21(28(30)31)12-14-23(25)24-15-13-22(29)18-26(24)27/h12-15,17-18,20,30-31H,4-11,16,19H2,1-3H3. The smallest absolute Gasteiger partial charge is 0.423 e. The molecule has 3 rings (SSSR count). The molecule has 0 spiro atoms. The van der Waals surface area contributed by atoms with Crippen LogP contribution >= 0.6 is 15.9 Å². The third-order valence-electron chi connectivity index (χ3n) is 7.28. The average molecular weight is 485 g/mol. The summed E-state index contributed by atoms with van der Waals surface area (Å²) >= 11 is 3.74. The zero-order valence-corrected chi connectivity index (χ0v) is 21.0. The van der Waals surface area contributed by atoms with Gasteiger partial charge in [0.05, 0.1) is 0 Å². The maximum atomic E-state index is 9.92. The van der Waals surface area contributed by atoms with Crippen LogP contribution in [0.15, 0.2) is 40.9 Å². The number of hydrogen-bond acceptors (Lipinski definition) is 2. The lowest BCUT2D eigenvalue weighted by Gasteiger charge is -2.36. The minimum Gasteiger partial charge on any atom is -0.423 e. The summed E-state index contributed by atoms with van der Waals surface area (Å²) in [7, 11) is -1.43. The topological polar surface area (TPSA) is 40.5 Å². The molecule has 2 nitrogen and oxygen atoms in total. The summed E-state index contributed by atoms with van der Waals surface area (Å²) < 4.78 is 1.13. The van der Waals surface area contributed by atoms with E-state index in [0.29, 0.717) is 11.4 Å². The van der Waals surface area contributed by atoms with Crippen LogP contribution in [-0.4, -0.2) is 17.2 Å². The van der Waals surface area contributed by atoms with E-state index in [9.17, 15) is 10.0 Å². The number of benzene rings is 2. The monoisotopic (exact) mass is 484 g/mol. The third kappa shape index (κ3) is 5.29. The summed E-state index contributed by atoms with van der Waals surface area (Å²) in [6, 6.07) is 12.8. The predicted octanol–water partition coefficient (Wildman–Crippen LogP) is 6.97. The Morgan fingerprint density at radius 1 is 0.871 bits per heavy atom. The molecule has 2 unspecified atom stereocenters. The largest absolute Gasteiger partial charge is 0.488 e. The first-order chi connectivity index (χ1) is 15.0. The van der Waals surface area contributed by atoms with Crippen molar-refractivity contribution < 1.29 is 10.0 Å². The van der Waals surface area contributed by atoms with Gasteiger partial charge in [-0.25, -0.2) is 0 Å². The van der Waals surface area contributed by atoms with Crippen LogP contribution in [0.1, 0.15) is 96.1 Å². The fraction of sp³-hybridized carbons (Fsp3) is 0.556. The minimum atomic E-state index is -1.43. The van der Waals surface area contributed by atoms with Crippen LogP contribution in [-0.2, 0) is 5.41 Å². The van der Waals surface area contributed by atoms with E-state index in [-0.39, 0.29) is 5.41 Å². The van der Waals surface area contributed by atoms with Gasteiger partial charge in [-0.15, -0.1) is 0 Å². The summed E-state index contributed by atoms with van der Waals surface area (Å²) in [5, 5.41) is 19.8. The van der Waals surface area contributed by atoms with Crippen molar-refractivity contribution in [2.24, 2.45) is 5.92 Å². The van der Waals surface area contributed by atoms with E-state index in [1.165, 1.54) is 73.6 Å². The summed E-state index contributed by atoms with van der Waals surface area (Å²) in [6.07, 6.45) is 12.2. The van der Waals surface area contributed by atoms with Crippen LogP contribution in [0.5, 0.6) is 0 Å². The van der Waals surface area contributed by atoms with Crippen molar-refractivity contribution in [1.29, 1.82) is 0 Å². The Balaban J connectivity index is 2.14. The van der Waals surface area contributed by atoms with Gasteiger partial charge in [0, 0.05) is 9.89 Å². The molecule has 0 saturated heterocycles. The number of unbranched alkanes of at least 4 members (excludes halogenated alkanes) is 4. The maximum absolute atomic E-state index is 9.92. The van der Waals surface area contributed by atoms with E-state index in [4.69, 9.17) is 0 Å². The van der Waals surface area contributed by atoms with Crippen LogP contribution in [0.2, 0.25) is 0 Å². The molecule has 1 aliphatic rings. The van der Waals surface area contributed by atoms with Crippen molar-refractivity contribution in [2.45, 2.75) is 90.4 Å². The van der Waals surface area contributed by atoms with Gasteiger partial charge in [-0.2, -0.15) is 0 Å². The molecule has 0 radical (unpaired) electrons. The molecule has 0 bridgehead atoms. The normalized spacial score (nSPS) is 18.0. The van der Waals surface area contributed by atoms with Gasteiger partial charge in [0.15, 0.2) is 0 Å². The number of rotatable bonds is 12. The van der Waals surface area contributed by atoms with Crippen LogP contribution in [0, 0.1) is 5.92 Å². The second-order valence-corrected chi connectivity index (χ2v) is 10.3. The van der Waals surface area contributed by atoms with Gasteiger partial charge in [0.25, 0.3) is 0 Å². The molecular weight excluding hydrogens is 447 g/mol. The lowest BCUT2D eigenvalue weighted by molar-refractivity contribution is 0.311. The summed E-state index contributed by atoms with van der Waals surface area (Å²) in [6.45, 7) is 6.87. The van der Waals surface area contributed by atoms with Crippen molar-refractivity contribution in [3.05, 3.63) is 52.0 Å². The molecule has 4 heteroatoms. The molecule has 2 N–H and O–H groups in total. The predicted molar refractivity (Wildman–Crippen MR) is 137 cm³/mol. The highest BCUT2D eigenvalue weighted by molar-refractivity contribution is 9.10. The van der Waals surface area contributed by atoms with Gasteiger partial charge in [0.2, 0.25) is 0 Å². The van der Waals surface area contributed by atoms with Crippen molar-refractivity contribution in [3.8, 4) is 11.1 Å². The number of halogens is 1. The molecule has 0 aromatic heterocycles.